The minimum Gasteiger partial charge on any atom is -0.0837 e. The molecule has 0 amide bonds. The fourth-order valence-electron chi connectivity index (χ4n) is 5.61. The predicted molar refractivity (Wildman–Crippen MR) is 128 cm³/mol. The van der Waals surface area contributed by atoms with Gasteiger partial charge in [-0.05, 0) is 64.4 Å². The molecular weight excluding hydrogens is 352 g/mol. The molecule has 0 aromatic heterocycles. The molecule has 0 saturated heterocycles. The molecule has 3 atom stereocenters. The largest absolute Gasteiger partial charge is 0.0837 e. The van der Waals surface area contributed by atoms with E-state index in [1.165, 1.54) is 41.5 Å². The van der Waals surface area contributed by atoms with Crippen LogP contribution < -0.4 is 5.19 Å². The second-order valence-corrected chi connectivity index (χ2v) is 12.0. The molecular formula is C27H38Si. The molecule has 0 saturated carbocycles. The Morgan fingerprint density at radius 3 is 2.18 bits per heavy atom. The molecule has 0 bridgehead atoms. The monoisotopic (exact) mass is 390 g/mol. The van der Waals surface area contributed by atoms with E-state index in [0.717, 1.165) is 0 Å². The topological polar surface area (TPSA) is 0 Å². The van der Waals surface area contributed by atoms with Gasteiger partial charge in [-0.3, -0.25) is 0 Å². The van der Waals surface area contributed by atoms with Crippen LogP contribution in [0.4, 0.5) is 0 Å². The summed E-state index contributed by atoms with van der Waals surface area (Å²) in [7, 11) is -0.510. The highest BCUT2D eigenvalue weighted by Crippen LogP contribution is 2.57. The first-order valence-electron chi connectivity index (χ1n) is 11.0. The number of hydrogen-bond acceptors (Lipinski definition) is 0. The van der Waals surface area contributed by atoms with Gasteiger partial charge in [0.15, 0.2) is 0 Å². The summed E-state index contributed by atoms with van der Waals surface area (Å²) in [4.78, 5) is 0. The number of hydrogen-bond donors (Lipinski definition) is 0. The van der Waals surface area contributed by atoms with Crippen molar-refractivity contribution in [2.24, 2.45) is 11.3 Å². The highest BCUT2D eigenvalue weighted by molar-refractivity contribution is 6.58. The van der Waals surface area contributed by atoms with Gasteiger partial charge < -0.3 is 0 Å². The van der Waals surface area contributed by atoms with Crippen LogP contribution in [0, 0.1) is 25.2 Å². The zero-order valence-electron chi connectivity index (χ0n) is 19.0. The Morgan fingerprint density at radius 1 is 1.00 bits per heavy atom. The van der Waals surface area contributed by atoms with Gasteiger partial charge in [-0.15, -0.1) is 0 Å². The maximum Gasteiger partial charge on any atom is 0.0706 e. The van der Waals surface area contributed by atoms with Gasteiger partial charge in [-0.1, -0.05) is 96.3 Å². The van der Waals surface area contributed by atoms with Gasteiger partial charge in [-0.2, -0.15) is 0 Å². The van der Waals surface area contributed by atoms with Gasteiger partial charge in [0.25, 0.3) is 0 Å². The fourth-order valence-corrected chi connectivity index (χ4v) is 8.72. The zero-order valence-corrected chi connectivity index (χ0v) is 20.4. The standard InChI is InChI=1S/C27H38Si/c1-8-22(5)26(12-10-9-11-13-26)18-27(17-21(4)23(6)24(27)7)28-25-15-19(2)14-20(3)16-25/h9-12,14-17,22H,8,13,18,28H2,1-7H3. The lowest BCUT2D eigenvalue weighted by atomic mass is 9.65. The SMILES string of the molecule is CCC(C)C1(CC2([SiH2]c3cc(C)cc(C)c3)C=C(C)C(C)=C2C)C=CC=CC1. The van der Waals surface area contributed by atoms with E-state index in [0.29, 0.717) is 5.92 Å². The second kappa shape index (κ2) is 8.03. The lowest BCUT2D eigenvalue weighted by Crippen LogP contribution is -2.38. The molecule has 0 N–H and O–H groups in total. The summed E-state index contributed by atoms with van der Waals surface area (Å²) in [5.41, 5.74) is 7.77. The average molecular weight is 391 g/mol. The van der Waals surface area contributed by atoms with Crippen molar-refractivity contribution < 1.29 is 0 Å². The Hall–Kier alpha value is -1.60. The van der Waals surface area contributed by atoms with Crippen molar-refractivity contribution in [3.05, 3.63) is 76.4 Å². The molecule has 0 fully saturated rings. The highest BCUT2D eigenvalue weighted by Gasteiger charge is 2.44. The summed E-state index contributed by atoms with van der Waals surface area (Å²) in [6.07, 6.45) is 15.8. The Morgan fingerprint density at radius 2 is 1.68 bits per heavy atom. The van der Waals surface area contributed by atoms with Crippen LogP contribution in [0.25, 0.3) is 0 Å². The third kappa shape index (κ3) is 3.92. The summed E-state index contributed by atoms with van der Waals surface area (Å²) < 4.78 is 0. The summed E-state index contributed by atoms with van der Waals surface area (Å²) in [6, 6.07) is 7.22. The van der Waals surface area contributed by atoms with Gasteiger partial charge >= 0.3 is 0 Å². The first-order valence-corrected chi connectivity index (χ1v) is 12.4. The summed E-state index contributed by atoms with van der Waals surface area (Å²) >= 11 is 0. The molecule has 28 heavy (non-hydrogen) atoms. The number of benzene rings is 1. The molecule has 150 valence electrons. The molecule has 2 aliphatic carbocycles. The van der Waals surface area contributed by atoms with Crippen molar-refractivity contribution in [3.8, 4) is 0 Å². The first kappa shape index (κ1) is 21.1. The Kier molecular flexibility index (Phi) is 6.05. The molecule has 0 spiro atoms. The normalized spacial score (nSPS) is 28.5. The van der Waals surface area contributed by atoms with Crippen molar-refractivity contribution in [1.82, 2.24) is 0 Å². The van der Waals surface area contributed by atoms with Crippen molar-refractivity contribution in [3.63, 3.8) is 0 Å². The van der Waals surface area contributed by atoms with Gasteiger partial charge in [0.1, 0.15) is 0 Å². The molecule has 0 heterocycles. The lowest BCUT2D eigenvalue weighted by Gasteiger charge is -2.44. The predicted octanol–water partition coefficient (Wildman–Crippen LogP) is 6.49. The summed E-state index contributed by atoms with van der Waals surface area (Å²) in [5, 5.41) is 1.87. The van der Waals surface area contributed by atoms with Crippen LogP contribution in [0.5, 0.6) is 0 Å². The molecule has 3 rings (SSSR count). The van der Waals surface area contributed by atoms with E-state index >= 15 is 0 Å². The van der Waals surface area contributed by atoms with E-state index in [1.54, 1.807) is 10.8 Å². The number of aryl methyl sites for hydroxylation is 2. The Labute approximate surface area is 175 Å². The van der Waals surface area contributed by atoms with Crippen LogP contribution in [-0.2, 0) is 0 Å². The Balaban J connectivity index is 2.08. The second-order valence-electron chi connectivity index (χ2n) is 9.62. The summed E-state index contributed by atoms with van der Waals surface area (Å²) in [5.74, 6) is 0.696. The van der Waals surface area contributed by atoms with Gasteiger partial charge in [0.05, 0.1) is 9.52 Å². The minimum absolute atomic E-state index is 0.257. The molecule has 0 aliphatic heterocycles. The third-order valence-electron chi connectivity index (χ3n) is 7.61. The quantitative estimate of drug-likeness (QED) is 0.487. The van der Waals surface area contributed by atoms with Crippen LogP contribution in [0.3, 0.4) is 0 Å². The molecule has 3 unspecified atom stereocenters. The maximum atomic E-state index is 2.66. The van der Waals surface area contributed by atoms with Crippen LogP contribution in [-0.4, -0.2) is 9.52 Å². The number of rotatable bonds is 6. The maximum absolute atomic E-state index is 2.66. The van der Waals surface area contributed by atoms with E-state index in [9.17, 15) is 0 Å². The van der Waals surface area contributed by atoms with E-state index in [1.807, 2.05) is 0 Å². The van der Waals surface area contributed by atoms with Crippen molar-refractivity contribution in [2.45, 2.75) is 72.8 Å². The third-order valence-corrected chi connectivity index (χ3v) is 10.0. The highest BCUT2D eigenvalue weighted by atomic mass is 28.2. The van der Waals surface area contributed by atoms with E-state index in [-0.39, 0.29) is 10.5 Å². The van der Waals surface area contributed by atoms with Crippen LogP contribution in [0.1, 0.15) is 65.0 Å². The van der Waals surface area contributed by atoms with Gasteiger partial charge in [-0.25, -0.2) is 0 Å². The minimum atomic E-state index is -0.510. The van der Waals surface area contributed by atoms with Gasteiger partial charge in [0.2, 0.25) is 0 Å². The molecule has 2 aliphatic rings. The van der Waals surface area contributed by atoms with Crippen LogP contribution >= 0.6 is 0 Å². The molecule has 1 aromatic rings. The Bertz CT molecular complexity index is 846. The van der Waals surface area contributed by atoms with Crippen LogP contribution in [0.2, 0.25) is 5.04 Å². The smallest absolute Gasteiger partial charge is 0.0706 e. The first-order chi connectivity index (χ1) is 13.2. The molecule has 0 nitrogen and oxygen atoms in total. The van der Waals surface area contributed by atoms with E-state index < -0.39 is 9.52 Å². The average Bonchev–Trinajstić information content (AvgIpc) is 2.84. The van der Waals surface area contributed by atoms with E-state index in [4.69, 9.17) is 0 Å². The molecule has 0 radical (unpaired) electrons. The summed E-state index contributed by atoms with van der Waals surface area (Å²) in [6.45, 7) is 16.4. The molecule has 1 aromatic carbocycles. The number of allylic oxidation sites excluding steroid dienone is 8. The van der Waals surface area contributed by atoms with Crippen molar-refractivity contribution in [1.29, 1.82) is 0 Å². The fraction of sp³-hybridized carbons (Fsp3) is 0.481. The van der Waals surface area contributed by atoms with Crippen molar-refractivity contribution >= 4 is 14.7 Å². The lowest BCUT2D eigenvalue weighted by molar-refractivity contribution is 0.209. The van der Waals surface area contributed by atoms with Crippen LogP contribution in [0.15, 0.2) is 65.3 Å². The van der Waals surface area contributed by atoms with E-state index in [2.05, 4.69) is 97.0 Å². The van der Waals surface area contributed by atoms with Crippen molar-refractivity contribution in [2.75, 3.05) is 0 Å². The van der Waals surface area contributed by atoms with Gasteiger partial charge in [0, 0.05) is 5.04 Å². The zero-order chi connectivity index (χ0) is 20.5. The molecule has 1 heteroatoms.